The topological polar surface area (TPSA) is 66.5 Å². The molecule has 0 bridgehead atoms. The molecule has 0 radical (unpaired) electrons. The van der Waals surface area contributed by atoms with E-state index in [2.05, 4.69) is 12.2 Å². The van der Waals surface area contributed by atoms with Crippen molar-refractivity contribution < 1.29 is 13.2 Å². The van der Waals surface area contributed by atoms with Gasteiger partial charge in [0.1, 0.15) is 9.84 Å². The molecule has 0 aromatic heterocycles. The monoisotopic (exact) mass is 330 g/mol. The van der Waals surface area contributed by atoms with Crippen LogP contribution in [0, 0.1) is 5.41 Å². The van der Waals surface area contributed by atoms with Crippen molar-refractivity contribution in [1.82, 2.24) is 10.2 Å². The highest BCUT2D eigenvalue weighted by Gasteiger charge is 2.34. The fourth-order valence-corrected chi connectivity index (χ4v) is 3.78. The van der Waals surface area contributed by atoms with Gasteiger partial charge in [-0.25, -0.2) is 13.2 Å². The Bertz CT molecular complexity index is 478. The quantitative estimate of drug-likeness (QED) is 0.761. The predicted octanol–water partition coefficient (Wildman–Crippen LogP) is 2.57. The van der Waals surface area contributed by atoms with Gasteiger partial charge in [-0.15, -0.1) is 0 Å². The Hall–Kier alpha value is -0.780. The van der Waals surface area contributed by atoms with Gasteiger partial charge in [-0.2, -0.15) is 0 Å². The lowest BCUT2D eigenvalue weighted by molar-refractivity contribution is 0.186. The fraction of sp³-hybridized carbons (Fsp3) is 0.938. The SMILES string of the molecule is CC1(CNC(=O)N(CCS(C)(=O)=O)C2CC2)CCCCCC1. The van der Waals surface area contributed by atoms with Crippen molar-refractivity contribution in [2.24, 2.45) is 5.41 Å². The Kier molecular flexibility index (Phi) is 5.75. The summed E-state index contributed by atoms with van der Waals surface area (Å²) in [6.45, 7) is 3.27. The van der Waals surface area contributed by atoms with Crippen LogP contribution in [0.4, 0.5) is 4.79 Å². The van der Waals surface area contributed by atoms with E-state index in [1.54, 1.807) is 4.90 Å². The maximum atomic E-state index is 12.4. The van der Waals surface area contributed by atoms with E-state index in [4.69, 9.17) is 0 Å². The molecule has 0 aliphatic heterocycles. The van der Waals surface area contributed by atoms with Gasteiger partial charge in [-0.05, 0) is 31.1 Å². The van der Waals surface area contributed by atoms with Crippen molar-refractivity contribution in [2.45, 2.75) is 64.3 Å². The fourth-order valence-electron chi connectivity index (χ4n) is 3.25. The summed E-state index contributed by atoms with van der Waals surface area (Å²) >= 11 is 0. The van der Waals surface area contributed by atoms with Gasteiger partial charge in [0.15, 0.2) is 0 Å². The number of carbonyl (C=O) groups is 1. The summed E-state index contributed by atoms with van der Waals surface area (Å²) in [7, 11) is -3.03. The van der Waals surface area contributed by atoms with Gasteiger partial charge in [0.2, 0.25) is 0 Å². The second-order valence-electron chi connectivity index (χ2n) is 7.44. The summed E-state index contributed by atoms with van der Waals surface area (Å²) in [5.74, 6) is 0.0498. The number of nitrogens with one attached hydrogen (secondary N) is 1. The van der Waals surface area contributed by atoms with Crippen LogP contribution in [0.3, 0.4) is 0 Å². The number of hydrogen-bond acceptors (Lipinski definition) is 3. The van der Waals surface area contributed by atoms with Crippen LogP contribution >= 0.6 is 0 Å². The second kappa shape index (κ2) is 7.20. The third-order valence-corrected chi connectivity index (χ3v) is 5.85. The second-order valence-corrected chi connectivity index (χ2v) is 9.70. The molecule has 0 spiro atoms. The number of urea groups is 1. The molecule has 0 aromatic rings. The van der Waals surface area contributed by atoms with Gasteiger partial charge in [-0.1, -0.05) is 32.6 Å². The van der Waals surface area contributed by atoms with E-state index in [1.807, 2.05) is 0 Å². The maximum absolute atomic E-state index is 12.4. The number of carbonyl (C=O) groups excluding carboxylic acids is 1. The first-order valence-corrected chi connectivity index (χ1v) is 10.6. The minimum absolute atomic E-state index is 0.0498. The molecule has 0 unspecified atom stereocenters. The van der Waals surface area contributed by atoms with E-state index in [0.717, 1.165) is 12.8 Å². The Morgan fingerprint density at radius 3 is 2.27 bits per heavy atom. The average Bonchev–Trinajstić information content (AvgIpc) is 3.24. The van der Waals surface area contributed by atoms with Crippen LogP contribution in [0.25, 0.3) is 0 Å². The highest BCUT2D eigenvalue weighted by atomic mass is 32.2. The first-order chi connectivity index (χ1) is 10.3. The molecule has 22 heavy (non-hydrogen) atoms. The summed E-state index contributed by atoms with van der Waals surface area (Å²) in [4.78, 5) is 14.2. The molecular formula is C16H30N2O3S. The lowest BCUT2D eigenvalue weighted by Gasteiger charge is -2.30. The molecule has 2 aliphatic rings. The van der Waals surface area contributed by atoms with E-state index in [1.165, 1.54) is 44.8 Å². The van der Waals surface area contributed by atoms with Crippen molar-refractivity contribution in [1.29, 1.82) is 0 Å². The van der Waals surface area contributed by atoms with Gasteiger partial charge in [0.25, 0.3) is 0 Å². The zero-order valence-corrected chi connectivity index (χ0v) is 14.8. The van der Waals surface area contributed by atoms with Gasteiger partial charge < -0.3 is 10.2 Å². The zero-order valence-electron chi connectivity index (χ0n) is 13.9. The van der Waals surface area contributed by atoms with Crippen LogP contribution < -0.4 is 5.32 Å². The zero-order chi connectivity index (χ0) is 16.2. The molecule has 2 aliphatic carbocycles. The van der Waals surface area contributed by atoms with Gasteiger partial charge in [-0.3, -0.25) is 0 Å². The molecule has 0 aromatic carbocycles. The van der Waals surface area contributed by atoms with Crippen molar-refractivity contribution >= 4 is 15.9 Å². The van der Waals surface area contributed by atoms with Crippen molar-refractivity contribution in [2.75, 3.05) is 25.1 Å². The number of sulfone groups is 1. The van der Waals surface area contributed by atoms with Crippen LogP contribution in [-0.2, 0) is 9.84 Å². The Morgan fingerprint density at radius 1 is 1.18 bits per heavy atom. The number of hydrogen-bond donors (Lipinski definition) is 1. The smallest absolute Gasteiger partial charge is 0.317 e. The third-order valence-electron chi connectivity index (χ3n) is 4.93. The first kappa shape index (κ1) is 17.6. The van der Waals surface area contributed by atoms with E-state index in [0.29, 0.717) is 13.1 Å². The maximum Gasteiger partial charge on any atom is 0.317 e. The molecule has 1 N–H and O–H groups in total. The lowest BCUT2D eigenvalue weighted by Crippen LogP contribution is -2.46. The van der Waals surface area contributed by atoms with Crippen molar-refractivity contribution in [3.05, 3.63) is 0 Å². The molecule has 2 fully saturated rings. The molecule has 0 heterocycles. The van der Waals surface area contributed by atoms with Crippen LogP contribution in [0.5, 0.6) is 0 Å². The third kappa shape index (κ3) is 5.78. The van der Waals surface area contributed by atoms with Gasteiger partial charge in [0.05, 0.1) is 5.75 Å². The van der Waals surface area contributed by atoms with E-state index < -0.39 is 9.84 Å². The molecule has 0 atom stereocenters. The van der Waals surface area contributed by atoms with E-state index in [9.17, 15) is 13.2 Å². The van der Waals surface area contributed by atoms with E-state index >= 15 is 0 Å². The molecule has 5 nitrogen and oxygen atoms in total. The lowest BCUT2D eigenvalue weighted by atomic mass is 9.82. The highest BCUT2D eigenvalue weighted by Crippen LogP contribution is 2.34. The molecule has 2 amide bonds. The Morgan fingerprint density at radius 2 is 1.77 bits per heavy atom. The average molecular weight is 330 g/mol. The van der Waals surface area contributed by atoms with Gasteiger partial charge >= 0.3 is 6.03 Å². The normalized spacial score (nSPS) is 21.9. The summed E-state index contributed by atoms with van der Waals surface area (Å²) < 4.78 is 22.7. The van der Waals surface area contributed by atoms with Gasteiger partial charge in [0, 0.05) is 25.4 Å². The van der Waals surface area contributed by atoms with Crippen molar-refractivity contribution in [3.63, 3.8) is 0 Å². The molecule has 2 saturated carbocycles. The van der Waals surface area contributed by atoms with Crippen LogP contribution in [0.2, 0.25) is 0 Å². The largest absolute Gasteiger partial charge is 0.337 e. The minimum atomic E-state index is -3.03. The number of amides is 2. The molecule has 128 valence electrons. The van der Waals surface area contributed by atoms with Crippen LogP contribution in [-0.4, -0.2) is 50.5 Å². The standard InChI is InChI=1S/C16H30N2O3S/c1-16(9-5-3-4-6-10-16)13-17-15(19)18(14-7-8-14)11-12-22(2,20)21/h14H,3-13H2,1-2H3,(H,17,19). The van der Waals surface area contributed by atoms with Crippen LogP contribution in [0.15, 0.2) is 0 Å². The summed E-state index contributed by atoms with van der Waals surface area (Å²) in [5.41, 5.74) is 0.193. The highest BCUT2D eigenvalue weighted by molar-refractivity contribution is 7.90. The minimum Gasteiger partial charge on any atom is -0.337 e. The Labute approximate surface area is 134 Å². The summed E-state index contributed by atoms with van der Waals surface area (Å²) in [6.07, 6.45) is 10.6. The molecule has 2 rings (SSSR count). The first-order valence-electron chi connectivity index (χ1n) is 8.51. The van der Waals surface area contributed by atoms with E-state index in [-0.39, 0.29) is 23.2 Å². The molecular weight excluding hydrogens is 300 g/mol. The summed E-state index contributed by atoms with van der Waals surface area (Å²) in [5, 5.41) is 3.07. The summed E-state index contributed by atoms with van der Waals surface area (Å²) in [6, 6.07) is 0.153. The molecule has 6 heteroatoms. The predicted molar refractivity (Wildman–Crippen MR) is 88.6 cm³/mol. The number of nitrogens with zero attached hydrogens (tertiary/aromatic N) is 1. The number of rotatable bonds is 6. The Balaban J connectivity index is 1.85. The molecule has 0 saturated heterocycles. The van der Waals surface area contributed by atoms with Crippen LogP contribution in [0.1, 0.15) is 58.3 Å². The van der Waals surface area contributed by atoms with Crippen molar-refractivity contribution in [3.8, 4) is 0 Å².